The summed E-state index contributed by atoms with van der Waals surface area (Å²) in [7, 11) is 0. The number of carbonyl (C=O) groups excluding carboxylic acids is 2. The third kappa shape index (κ3) is 6.25. The highest BCUT2D eigenvalue weighted by atomic mass is 16.6. The van der Waals surface area contributed by atoms with E-state index in [4.69, 9.17) is 15.9 Å². The quantitative estimate of drug-likeness (QED) is 0.0986. The van der Waals surface area contributed by atoms with Crippen molar-refractivity contribution in [3.05, 3.63) is 0 Å². The fourth-order valence-corrected chi connectivity index (χ4v) is 10.0. The number of nitrogens with one attached hydrogen (secondary N) is 1. The van der Waals surface area contributed by atoms with E-state index in [1.165, 1.54) is 51.4 Å². The van der Waals surface area contributed by atoms with Crippen molar-refractivity contribution in [2.75, 3.05) is 6.54 Å². The zero-order chi connectivity index (χ0) is 29.7. The third-order valence-corrected chi connectivity index (χ3v) is 12.3. The molecule has 8 atom stereocenters. The molecule has 0 aliphatic heterocycles. The molecule has 0 aromatic carbocycles. The lowest BCUT2D eigenvalue weighted by atomic mass is 9.47. The molecule has 4 aliphatic rings. The largest absolute Gasteiger partial charge is 0.446 e. The summed E-state index contributed by atoms with van der Waals surface area (Å²) >= 11 is 0. The minimum atomic E-state index is -0.754. The molecule has 1 N–H and O–H groups in total. The van der Waals surface area contributed by atoms with Crippen molar-refractivity contribution in [2.45, 2.75) is 162 Å². The van der Waals surface area contributed by atoms with Gasteiger partial charge >= 0.3 is 11.9 Å². The van der Waals surface area contributed by atoms with Gasteiger partial charge in [0.1, 0.15) is 0 Å². The highest BCUT2D eigenvalue weighted by Crippen LogP contribution is 2.70. The number of unbranched alkanes of at least 4 members (excludes halogenated alkanes) is 7. The maximum atomic E-state index is 12.8. The van der Waals surface area contributed by atoms with Crippen LogP contribution in [0.3, 0.4) is 0 Å². The van der Waals surface area contributed by atoms with Gasteiger partial charge in [-0.05, 0) is 74.2 Å². The van der Waals surface area contributed by atoms with E-state index in [9.17, 15) is 9.59 Å². The second-order valence-electron chi connectivity index (χ2n) is 14.6. The summed E-state index contributed by atoms with van der Waals surface area (Å²) in [5.74, 6) is 4.87. The van der Waals surface area contributed by atoms with Crippen LogP contribution < -0.4 is 5.32 Å². The molecule has 4 saturated carbocycles. The minimum absolute atomic E-state index is 0.0706. The predicted molar refractivity (Wildman–Crippen MR) is 165 cm³/mol. The number of esters is 2. The van der Waals surface area contributed by atoms with Crippen molar-refractivity contribution >= 4 is 11.9 Å². The first-order chi connectivity index (χ1) is 19.6. The third-order valence-electron chi connectivity index (χ3n) is 12.3. The Morgan fingerprint density at radius 2 is 1.46 bits per heavy atom. The van der Waals surface area contributed by atoms with Crippen LogP contribution in [0.25, 0.3) is 0 Å². The van der Waals surface area contributed by atoms with Gasteiger partial charge in [-0.15, -0.1) is 6.42 Å². The lowest BCUT2D eigenvalue weighted by molar-refractivity contribution is -0.196. The smallest absolute Gasteiger partial charge is 0.307 e. The average molecular weight is 570 g/mol. The molecule has 5 heteroatoms. The number of carbonyl (C=O) groups is 2. The van der Waals surface area contributed by atoms with Crippen LogP contribution >= 0.6 is 0 Å². The van der Waals surface area contributed by atoms with Crippen molar-refractivity contribution in [3.63, 3.8) is 0 Å². The summed E-state index contributed by atoms with van der Waals surface area (Å²) < 4.78 is 12.4. The fourth-order valence-electron chi connectivity index (χ4n) is 10.0. The Balaban J connectivity index is 1.45. The summed E-state index contributed by atoms with van der Waals surface area (Å²) in [5.41, 5.74) is -1.31. The number of hydrogen-bond acceptors (Lipinski definition) is 5. The summed E-state index contributed by atoms with van der Waals surface area (Å²) in [6.07, 6.45) is 25.3. The minimum Gasteiger partial charge on any atom is -0.446 e. The first-order valence-corrected chi connectivity index (χ1v) is 17.3. The van der Waals surface area contributed by atoms with Gasteiger partial charge in [-0.25, -0.2) is 0 Å². The highest BCUT2D eigenvalue weighted by molar-refractivity contribution is 5.70. The molecule has 4 aliphatic carbocycles. The Bertz CT molecular complexity index is 958. The van der Waals surface area contributed by atoms with Gasteiger partial charge in [0.2, 0.25) is 0 Å². The number of fused-ring (bicyclic) bond motifs is 5. The van der Waals surface area contributed by atoms with Crippen molar-refractivity contribution in [1.29, 1.82) is 0 Å². The van der Waals surface area contributed by atoms with Gasteiger partial charge < -0.3 is 9.47 Å². The molecular weight excluding hydrogens is 510 g/mol. The number of rotatable bonds is 14. The molecule has 0 aromatic heterocycles. The molecule has 0 amide bonds. The monoisotopic (exact) mass is 569 g/mol. The Kier molecular flexibility index (Phi) is 10.6. The Labute approximate surface area is 251 Å². The molecule has 0 spiro atoms. The van der Waals surface area contributed by atoms with Crippen LogP contribution in [0.1, 0.15) is 150 Å². The van der Waals surface area contributed by atoms with E-state index >= 15 is 0 Å². The van der Waals surface area contributed by atoms with Gasteiger partial charge in [-0.3, -0.25) is 14.9 Å². The summed E-state index contributed by atoms with van der Waals surface area (Å²) in [5, 5.41) is 3.89. The molecule has 0 bridgehead atoms. The summed E-state index contributed by atoms with van der Waals surface area (Å²) in [6.45, 7) is 11.8. The second kappa shape index (κ2) is 13.4. The van der Waals surface area contributed by atoms with Gasteiger partial charge in [0, 0.05) is 37.5 Å². The lowest BCUT2D eigenvalue weighted by Crippen LogP contribution is -2.62. The molecule has 4 fully saturated rings. The lowest BCUT2D eigenvalue weighted by Gasteiger charge is -2.59. The zero-order valence-electron chi connectivity index (χ0n) is 27.0. The van der Waals surface area contributed by atoms with E-state index in [1.54, 1.807) is 0 Å². The normalized spacial score (nSPS) is 39.3. The van der Waals surface area contributed by atoms with Crippen LogP contribution in [0, 0.1) is 46.8 Å². The maximum absolute atomic E-state index is 12.8. The SMILES string of the molecule is C#C[C@@]1(OC(=O)CC)C[C@@H]2CC[C@@H]3[C@H](CC[C@@]4(C)[C@H]3CC[C@]4(NCCCCCCCCCC)OC(=O)CC)[C@@]2(C)C1. The topological polar surface area (TPSA) is 64.6 Å². The van der Waals surface area contributed by atoms with Crippen LogP contribution in [0.5, 0.6) is 0 Å². The molecule has 0 aromatic rings. The number of ether oxygens (including phenoxy) is 2. The van der Waals surface area contributed by atoms with Gasteiger partial charge in [0.25, 0.3) is 0 Å². The highest BCUT2D eigenvalue weighted by Gasteiger charge is 2.68. The molecule has 0 heterocycles. The average Bonchev–Trinajstić information content (AvgIpc) is 3.42. The van der Waals surface area contributed by atoms with Gasteiger partial charge in [-0.2, -0.15) is 0 Å². The second-order valence-corrected chi connectivity index (χ2v) is 14.6. The molecule has 4 rings (SSSR count). The molecule has 0 radical (unpaired) electrons. The van der Waals surface area contributed by atoms with Crippen molar-refractivity contribution < 1.29 is 19.1 Å². The van der Waals surface area contributed by atoms with Gasteiger partial charge in [-0.1, -0.05) is 85.5 Å². The first kappa shape index (κ1) is 32.4. The molecule has 41 heavy (non-hydrogen) atoms. The molecular formula is C36H59NO4. The molecule has 5 nitrogen and oxygen atoms in total. The van der Waals surface area contributed by atoms with Crippen LogP contribution in [0.4, 0.5) is 0 Å². The van der Waals surface area contributed by atoms with Gasteiger partial charge in [0.05, 0.1) is 0 Å². The van der Waals surface area contributed by atoms with Crippen molar-refractivity contribution in [3.8, 4) is 12.3 Å². The zero-order valence-corrected chi connectivity index (χ0v) is 27.0. The van der Waals surface area contributed by atoms with E-state index in [0.29, 0.717) is 36.5 Å². The van der Waals surface area contributed by atoms with Crippen LogP contribution in [0.2, 0.25) is 0 Å². The first-order valence-electron chi connectivity index (χ1n) is 17.3. The Morgan fingerprint density at radius 1 is 0.829 bits per heavy atom. The van der Waals surface area contributed by atoms with E-state index in [0.717, 1.165) is 57.9 Å². The van der Waals surface area contributed by atoms with Crippen LogP contribution in [0.15, 0.2) is 0 Å². The Hall–Kier alpha value is -1.54. The maximum Gasteiger partial charge on any atom is 0.307 e. The molecule has 0 unspecified atom stereocenters. The summed E-state index contributed by atoms with van der Waals surface area (Å²) in [6, 6.07) is 0. The Morgan fingerprint density at radius 3 is 2.12 bits per heavy atom. The number of hydrogen-bond donors (Lipinski definition) is 1. The molecule has 232 valence electrons. The van der Waals surface area contributed by atoms with E-state index in [-0.39, 0.29) is 22.8 Å². The van der Waals surface area contributed by atoms with Crippen LogP contribution in [-0.2, 0) is 19.1 Å². The van der Waals surface area contributed by atoms with E-state index in [1.807, 2.05) is 13.8 Å². The van der Waals surface area contributed by atoms with Crippen molar-refractivity contribution in [2.24, 2.45) is 34.5 Å². The van der Waals surface area contributed by atoms with Crippen molar-refractivity contribution in [1.82, 2.24) is 5.32 Å². The fraction of sp³-hybridized carbons (Fsp3) is 0.889. The van der Waals surface area contributed by atoms with Gasteiger partial charge in [0.15, 0.2) is 11.3 Å². The summed E-state index contributed by atoms with van der Waals surface area (Å²) in [4.78, 5) is 25.2. The van der Waals surface area contributed by atoms with Crippen LogP contribution in [-0.4, -0.2) is 29.8 Å². The number of terminal acetylenes is 1. The van der Waals surface area contributed by atoms with E-state index < -0.39 is 11.3 Å². The molecule has 0 saturated heterocycles. The van der Waals surface area contributed by atoms with E-state index in [2.05, 4.69) is 32.0 Å². The predicted octanol–water partition coefficient (Wildman–Crippen LogP) is 8.34. The standard InChI is InChI=1S/C36H59NO4/c1-7-11-12-13-14-15-16-17-24-37-36(41-32(39)9-3)23-21-30-28-19-18-27-25-35(10-4,40-31(38)8-2)26-33(27,5)29(28)20-22-34(30,36)6/h4,27-30,37H,7-9,11-26H2,1-3,5-6H3/t27-,28+,29-,30-,33-,34-,35+,36-/m0/s1.